The molecule has 2 aromatic heterocycles. The number of carbonyl (C=O) groups excluding carboxylic acids is 1. The lowest BCUT2D eigenvalue weighted by Gasteiger charge is -2.08. The van der Waals surface area contributed by atoms with Crippen molar-refractivity contribution in [1.29, 1.82) is 0 Å². The first kappa shape index (κ1) is 30.6. The molecule has 0 N–H and O–H groups in total. The number of aromatic nitrogens is 5. The molecule has 3 aromatic rings. The van der Waals surface area contributed by atoms with E-state index in [1.165, 1.54) is 102 Å². The van der Waals surface area contributed by atoms with Crippen LogP contribution in [0.3, 0.4) is 0 Å². The van der Waals surface area contributed by atoms with E-state index in [2.05, 4.69) is 22.2 Å². The molecule has 0 fully saturated rings. The lowest BCUT2D eigenvalue weighted by Crippen LogP contribution is -2.42. The van der Waals surface area contributed by atoms with E-state index in [0.29, 0.717) is 5.69 Å². The Labute approximate surface area is 235 Å². The van der Waals surface area contributed by atoms with E-state index < -0.39 is 17.0 Å². The number of para-hydroxylation sites is 1. The van der Waals surface area contributed by atoms with Crippen LogP contribution in [-0.2, 0) is 6.42 Å². The van der Waals surface area contributed by atoms with Gasteiger partial charge in [-0.3, -0.25) is 9.59 Å². The lowest BCUT2D eigenvalue weighted by atomic mass is 10.0. The average Bonchev–Trinajstić information content (AvgIpc) is 3.40. The minimum atomic E-state index is -0.738. The molecule has 0 aliphatic rings. The maximum absolute atomic E-state index is 13.2. The van der Waals surface area contributed by atoms with Crippen LogP contribution in [0.25, 0.3) is 10.8 Å². The molecule has 0 saturated heterocycles. The van der Waals surface area contributed by atoms with E-state index in [9.17, 15) is 14.4 Å². The lowest BCUT2D eigenvalue weighted by molar-refractivity contribution is 0.100. The normalized spacial score (nSPS) is 11.2. The molecule has 0 aliphatic carbocycles. The number of carbonyl (C=O) groups is 1. The predicted octanol–water partition coefficient (Wildman–Crippen LogP) is 6.85. The highest BCUT2D eigenvalue weighted by Gasteiger charge is 2.20. The zero-order valence-corrected chi connectivity index (χ0v) is 24.4. The molecule has 0 bridgehead atoms. The summed E-state index contributed by atoms with van der Waals surface area (Å²) in [5.41, 5.74) is -1.35. The average molecular weight is 554 g/mol. The SMILES string of the molecule is CCCCCCCCCCCCCCCCCc1nnc(-n2nc(C(C)=O)c(=O)n(-c3ccccc3)c2=O)s1. The Morgan fingerprint density at radius 3 is 1.85 bits per heavy atom. The van der Waals surface area contributed by atoms with E-state index in [1.807, 2.05) is 0 Å². The highest BCUT2D eigenvalue weighted by Crippen LogP contribution is 2.17. The van der Waals surface area contributed by atoms with E-state index in [-0.39, 0.29) is 10.8 Å². The van der Waals surface area contributed by atoms with Gasteiger partial charge in [0.1, 0.15) is 5.01 Å². The van der Waals surface area contributed by atoms with Crippen LogP contribution in [0.2, 0.25) is 0 Å². The Hall–Kier alpha value is -2.94. The fourth-order valence-electron chi connectivity index (χ4n) is 4.70. The van der Waals surface area contributed by atoms with Crippen molar-refractivity contribution >= 4 is 17.1 Å². The minimum Gasteiger partial charge on any atom is -0.292 e. The van der Waals surface area contributed by atoms with Gasteiger partial charge in [-0.25, -0.2) is 9.36 Å². The molecular weight excluding hydrogens is 510 g/mol. The van der Waals surface area contributed by atoms with Crippen molar-refractivity contribution in [3.05, 3.63) is 61.9 Å². The molecule has 0 aliphatic heterocycles. The first-order valence-corrected chi connectivity index (χ1v) is 15.5. The van der Waals surface area contributed by atoms with Gasteiger partial charge in [-0.05, 0) is 18.6 Å². The zero-order chi connectivity index (χ0) is 27.9. The van der Waals surface area contributed by atoms with Crippen LogP contribution in [0.15, 0.2) is 39.9 Å². The Balaban J connectivity index is 1.42. The number of nitrogens with zero attached hydrogens (tertiary/aromatic N) is 5. The Kier molecular flexibility index (Phi) is 13.3. The van der Waals surface area contributed by atoms with Gasteiger partial charge < -0.3 is 0 Å². The molecule has 1 aromatic carbocycles. The van der Waals surface area contributed by atoms with Crippen LogP contribution in [0, 0.1) is 0 Å². The van der Waals surface area contributed by atoms with Crippen molar-refractivity contribution in [3.8, 4) is 10.8 Å². The molecule has 0 radical (unpaired) electrons. The second-order valence-corrected chi connectivity index (χ2v) is 11.3. The number of unbranched alkanes of at least 4 members (excludes halogenated alkanes) is 14. The van der Waals surface area contributed by atoms with Crippen molar-refractivity contribution < 1.29 is 4.79 Å². The van der Waals surface area contributed by atoms with Gasteiger partial charge in [0.25, 0.3) is 5.56 Å². The van der Waals surface area contributed by atoms with Gasteiger partial charge in [0.15, 0.2) is 11.5 Å². The second kappa shape index (κ2) is 16.9. The highest BCUT2D eigenvalue weighted by atomic mass is 32.1. The van der Waals surface area contributed by atoms with Gasteiger partial charge >= 0.3 is 5.69 Å². The van der Waals surface area contributed by atoms with Crippen molar-refractivity contribution in [1.82, 2.24) is 24.5 Å². The second-order valence-electron chi connectivity index (χ2n) is 10.3. The van der Waals surface area contributed by atoms with Crippen LogP contribution in [0.4, 0.5) is 0 Å². The molecular formula is C30H43N5O3S. The van der Waals surface area contributed by atoms with E-state index in [1.54, 1.807) is 30.3 Å². The van der Waals surface area contributed by atoms with Crippen LogP contribution >= 0.6 is 11.3 Å². The number of Topliss-reactive ketones (excluding diaryl/α,β-unsaturated/α-hetero) is 1. The molecule has 3 rings (SSSR count). The molecule has 8 nitrogen and oxygen atoms in total. The van der Waals surface area contributed by atoms with Crippen molar-refractivity contribution in [2.75, 3.05) is 0 Å². The quantitative estimate of drug-likeness (QED) is 0.119. The van der Waals surface area contributed by atoms with Gasteiger partial charge in [0, 0.05) is 13.3 Å². The molecule has 39 heavy (non-hydrogen) atoms. The standard InChI is InChI=1S/C30H43N5O3S/c1-3-4-5-6-7-8-9-10-11-12-13-14-15-16-20-23-26-31-32-29(39-26)35-30(38)34(25-21-18-17-19-22-25)28(37)27(33-35)24(2)36/h17-19,21-22H,3-16,20,23H2,1-2H3. The smallest absolute Gasteiger partial charge is 0.292 e. The summed E-state index contributed by atoms with van der Waals surface area (Å²) in [5.74, 6) is -0.513. The van der Waals surface area contributed by atoms with Crippen molar-refractivity contribution in [3.63, 3.8) is 0 Å². The molecule has 0 amide bonds. The number of benzene rings is 1. The summed E-state index contributed by atoms with van der Waals surface area (Å²) in [4.78, 5) is 38.1. The summed E-state index contributed by atoms with van der Waals surface area (Å²) in [6.45, 7) is 3.53. The van der Waals surface area contributed by atoms with E-state index in [0.717, 1.165) is 33.5 Å². The van der Waals surface area contributed by atoms with E-state index in [4.69, 9.17) is 0 Å². The van der Waals surface area contributed by atoms with Crippen LogP contribution in [0.5, 0.6) is 0 Å². The Morgan fingerprint density at radius 2 is 1.31 bits per heavy atom. The van der Waals surface area contributed by atoms with Crippen LogP contribution in [-0.4, -0.2) is 30.3 Å². The largest absolute Gasteiger partial charge is 0.359 e. The number of hydrogen-bond acceptors (Lipinski definition) is 7. The number of ketones is 1. The first-order chi connectivity index (χ1) is 19.0. The summed E-state index contributed by atoms with van der Waals surface area (Å²) < 4.78 is 1.97. The molecule has 0 unspecified atom stereocenters. The van der Waals surface area contributed by atoms with Gasteiger partial charge in [0.2, 0.25) is 5.13 Å². The number of aryl methyl sites for hydroxylation is 1. The topological polar surface area (TPSA) is 99.7 Å². The molecule has 0 spiro atoms. The third-order valence-corrected chi connectivity index (χ3v) is 7.92. The monoisotopic (exact) mass is 553 g/mol. The zero-order valence-electron chi connectivity index (χ0n) is 23.6. The maximum atomic E-state index is 13.2. The summed E-state index contributed by atoms with van der Waals surface area (Å²) in [7, 11) is 0. The first-order valence-electron chi connectivity index (χ1n) is 14.7. The van der Waals surface area contributed by atoms with Gasteiger partial charge in [-0.1, -0.05) is 126 Å². The van der Waals surface area contributed by atoms with Crippen LogP contribution in [0.1, 0.15) is 126 Å². The van der Waals surface area contributed by atoms with Crippen molar-refractivity contribution in [2.45, 2.75) is 117 Å². The summed E-state index contributed by atoms with van der Waals surface area (Å²) in [6, 6.07) is 8.51. The van der Waals surface area contributed by atoms with Gasteiger partial charge in [-0.15, -0.1) is 10.2 Å². The highest BCUT2D eigenvalue weighted by molar-refractivity contribution is 7.13. The predicted molar refractivity (Wildman–Crippen MR) is 158 cm³/mol. The molecule has 0 saturated carbocycles. The summed E-state index contributed by atoms with van der Waals surface area (Å²) in [5, 5.41) is 13.5. The van der Waals surface area contributed by atoms with Crippen LogP contribution < -0.4 is 11.2 Å². The molecule has 9 heteroatoms. The number of rotatable bonds is 19. The van der Waals surface area contributed by atoms with Gasteiger partial charge in [-0.2, -0.15) is 9.78 Å². The summed E-state index contributed by atoms with van der Waals surface area (Å²) >= 11 is 1.27. The molecule has 0 atom stereocenters. The third-order valence-electron chi connectivity index (χ3n) is 6.96. The third kappa shape index (κ3) is 9.64. The van der Waals surface area contributed by atoms with E-state index >= 15 is 0 Å². The molecule has 212 valence electrons. The fourth-order valence-corrected chi connectivity index (χ4v) is 5.53. The Bertz CT molecular complexity index is 1270. The fraction of sp³-hybridized carbons (Fsp3) is 0.600. The minimum absolute atomic E-state index is 0.253. The molecule has 2 heterocycles. The van der Waals surface area contributed by atoms with Gasteiger partial charge in [0.05, 0.1) is 5.69 Å². The summed E-state index contributed by atoms with van der Waals surface area (Å²) in [6.07, 6.45) is 20.5. The van der Waals surface area contributed by atoms with Crippen molar-refractivity contribution in [2.24, 2.45) is 0 Å². The Morgan fingerprint density at radius 1 is 0.769 bits per heavy atom. The number of hydrogen-bond donors (Lipinski definition) is 0. The maximum Gasteiger partial charge on any atom is 0.359 e.